The van der Waals surface area contributed by atoms with Crippen molar-refractivity contribution < 1.29 is 10.2 Å². The van der Waals surface area contributed by atoms with Crippen LogP contribution in [0, 0.1) is 13.8 Å². The van der Waals surface area contributed by atoms with Crippen LogP contribution in [0.5, 0.6) is 0 Å². The molecule has 0 saturated heterocycles. The Hall–Kier alpha value is -2.58. The molecule has 1 atom stereocenters. The van der Waals surface area contributed by atoms with Gasteiger partial charge in [0.2, 0.25) is 0 Å². The van der Waals surface area contributed by atoms with Crippen molar-refractivity contribution in [1.82, 2.24) is 24.3 Å². The average molecular weight is 357 g/mol. The molecule has 138 valence electrons. The van der Waals surface area contributed by atoms with Crippen LogP contribution in [-0.2, 0) is 13.6 Å². The lowest BCUT2D eigenvalue weighted by Crippen LogP contribution is -2.26. The predicted molar refractivity (Wildman–Crippen MR) is 97.8 cm³/mol. The molecule has 0 aliphatic rings. The number of fused-ring (bicyclic) bond motifs is 1. The first-order chi connectivity index (χ1) is 12.4. The summed E-state index contributed by atoms with van der Waals surface area (Å²) < 4.78 is 3.28. The van der Waals surface area contributed by atoms with E-state index in [0.29, 0.717) is 24.3 Å². The maximum Gasteiger partial charge on any atom is 0.280 e. The molecule has 3 aromatic rings. The highest BCUT2D eigenvalue weighted by Crippen LogP contribution is 2.20. The number of nitrogens with zero attached hydrogens (tertiary/aromatic N) is 5. The van der Waals surface area contributed by atoms with Crippen LogP contribution in [0.4, 0.5) is 0 Å². The number of aliphatic hydroxyl groups is 2. The van der Waals surface area contributed by atoms with Gasteiger partial charge in [0.05, 0.1) is 17.1 Å². The Morgan fingerprint density at radius 2 is 1.92 bits per heavy atom. The fraction of sp³-hybridized carbons (Fsp3) is 0.444. The van der Waals surface area contributed by atoms with Gasteiger partial charge in [0, 0.05) is 20.2 Å². The van der Waals surface area contributed by atoms with Crippen molar-refractivity contribution in [3.8, 4) is 11.5 Å². The fourth-order valence-electron chi connectivity index (χ4n) is 2.93. The Morgan fingerprint density at radius 3 is 2.58 bits per heavy atom. The third-order valence-electron chi connectivity index (χ3n) is 4.63. The van der Waals surface area contributed by atoms with Crippen LogP contribution in [0.25, 0.3) is 22.6 Å². The van der Waals surface area contributed by atoms with Crippen LogP contribution in [0.1, 0.15) is 24.0 Å². The highest BCUT2D eigenvalue weighted by atomic mass is 16.3. The van der Waals surface area contributed by atoms with E-state index in [-0.39, 0.29) is 24.3 Å². The molecule has 0 aliphatic heterocycles. The number of aromatic nitrogens is 5. The van der Waals surface area contributed by atoms with Crippen LogP contribution in [0.3, 0.4) is 0 Å². The Kier molecular flexibility index (Phi) is 5.15. The van der Waals surface area contributed by atoms with Crippen molar-refractivity contribution in [2.75, 3.05) is 6.61 Å². The number of aliphatic hydroxyl groups excluding tert-OH is 2. The van der Waals surface area contributed by atoms with E-state index in [2.05, 4.69) is 15.2 Å². The lowest BCUT2D eigenvalue weighted by atomic mass is 10.1. The molecule has 8 nitrogen and oxygen atoms in total. The summed E-state index contributed by atoms with van der Waals surface area (Å²) in [4.78, 5) is 17.6. The van der Waals surface area contributed by atoms with Gasteiger partial charge in [0.15, 0.2) is 11.5 Å². The summed E-state index contributed by atoms with van der Waals surface area (Å²) in [6, 6.07) is 3.89. The van der Waals surface area contributed by atoms with Crippen molar-refractivity contribution in [2.45, 2.75) is 39.3 Å². The molecule has 1 aromatic carbocycles. The molecule has 0 spiro atoms. The van der Waals surface area contributed by atoms with Gasteiger partial charge in [-0.15, -0.1) is 10.2 Å². The van der Waals surface area contributed by atoms with Gasteiger partial charge in [-0.3, -0.25) is 4.79 Å². The maximum absolute atomic E-state index is 13.1. The smallest absolute Gasteiger partial charge is 0.280 e. The van der Waals surface area contributed by atoms with Crippen molar-refractivity contribution in [1.29, 1.82) is 0 Å². The quantitative estimate of drug-likeness (QED) is 0.680. The van der Waals surface area contributed by atoms with Gasteiger partial charge in [-0.2, -0.15) is 0 Å². The molecule has 3 rings (SSSR count). The molecule has 0 radical (unpaired) electrons. The minimum atomic E-state index is -0.667. The summed E-state index contributed by atoms with van der Waals surface area (Å²) in [6.45, 7) is 4.22. The Bertz CT molecular complexity index is 992. The van der Waals surface area contributed by atoms with Gasteiger partial charge in [-0.05, 0) is 49.9 Å². The summed E-state index contributed by atoms with van der Waals surface area (Å²) in [7, 11) is 1.76. The lowest BCUT2D eigenvalue weighted by molar-refractivity contribution is 0.121. The lowest BCUT2D eigenvalue weighted by Gasteiger charge is -2.15. The van der Waals surface area contributed by atoms with Crippen molar-refractivity contribution in [3.05, 3.63) is 39.9 Å². The van der Waals surface area contributed by atoms with Gasteiger partial charge >= 0.3 is 0 Å². The number of hydrogen-bond acceptors (Lipinski definition) is 6. The van der Waals surface area contributed by atoms with Crippen LogP contribution >= 0.6 is 0 Å². The fourth-order valence-corrected chi connectivity index (χ4v) is 2.93. The minimum Gasteiger partial charge on any atom is -0.396 e. The topological polar surface area (TPSA) is 106 Å². The summed E-state index contributed by atoms with van der Waals surface area (Å²) in [5, 5.41) is 26.8. The van der Waals surface area contributed by atoms with E-state index >= 15 is 0 Å². The van der Waals surface area contributed by atoms with Gasteiger partial charge < -0.3 is 19.3 Å². The van der Waals surface area contributed by atoms with Gasteiger partial charge in [0.25, 0.3) is 5.56 Å². The zero-order valence-electron chi connectivity index (χ0n) is 15.2. The third kappa shape index (κ3) is 3.38. The summed E-state index contributed by atoms with van der Waals surface area (Å²) in [5.74, 6) is 0.403. The monoisotopic (exact) mass is 357 g/mol. The first-order valence-corrected chi connectivity index (χ1v) is 8.57. The summed E-state index contributed by atoms with van der Waals surface area (Å²) in [5.41, 5.74) is 3.53. The van der Waals surface area contributed by atoms with E-state index in [9.17, 15) is 9.90 Å². The SMILES string of the molecule is Cc1cc2nc(-c3nncn3C)c(=O)n(CCC(O)CCO)c2cc1C. The second-order valence-corrected chi connectivity index (χ2v) is 6.56. The van der Waals surface area contributed by atoms with E-state index in [0.717, 1.165) is 16.6 Å². The predicted octanol–water partition coefficient (Wildman–Crippen LogP) is 0.942. The molecule has 2 heterocycles. The molecule has 0 aliphatic carbocycles. The number of benzene rings is 1. The molecule has 0 fully saturated rings. The largest absolute Gasteiger partial charge is 0.396 e. The molecule has 0 amide bonds. The minimum absolute atomic E-state index is 0.0876. The van der Waals surface area contributed by atoms with Crippen LogP contribution in [0.2, 0.25) is 0 Å². The van der Waals surface area contributed by atoms with Gasteiger partial charge in [0.1, 0.15) is 6.33 Å². The molecule has 0 bridgehead atoms. The van der Waals surface area contributed by atoms with Crippen LogP contribution in [-0.4, -0.2) is 47.2 Å². The first-order valence-electron chi connectivity index (χ1n) is 8.57. The summed E-state index contributed by atoms with van der Waals surface area (Å²) >= 11 is 0. The molecule has 0 saturated carbocycles. The normalized spacial score (nSPS) is 12.7. The number of rotatable bonds is 6. The molecule has 2 aromatic heterocycles. The van der Waals surface area contributed by atoms with Gasteiger partial charge in [-0.25, -0.2) is 4.98 Å². The second-order valence-electron chi connectivity index (χ2n) is 6.56. The van der Waals surface area contributed by atoms with E-state index in [1.807, 2.05) is 26.0 Å². The standard InChI is InChI=1S/C18H23N5O3/c1-11-8-14-15(9-12(11)2)23(6-4-13(25)5-7-24)18(26)16(20-14)17-21-19-10-22(17)3/h8-10,13,24-25H,4-7H2,1-3H3. The van der Waals surface area contributed by atoms with Crippen LogP contribution in [0.15, 0.2) is 23.3 Å². The van der Waals surface area contributed by atoms with E-state index in [4.69, 9.17) is 5.11 Å². The van der Waals surface area contributed by atoms with Crippen molar-refractivity contribution in [3.63, 3.8) is 0 Å². The Labute approximate surface area is 150 Å². The number of aryl methyl sites for hydroxylation is 4. The third-order valence-corrected chi connectivity index (χ3v) is 4.63. The first kappa shape index (κ1) is 18.2. The van der Waals surface area contributed by atoms with Gasteiger partial charge in [-0.1, -0.05) is 0 Å². The zero-order chi connectivity index (χ0) is 18.8. The molecule has 1 unspecified atom stereocenters. The molecular weight excluding hydrogens is 334 g/mol. The second kappa shape index (κ2) is 7.35. The Morgan fingerprint density at radius 1 is 1.19 bits per heavy atom. The maximum atomic E-state index is 13.1. The van der Waals surface area contributed by atoms with Crippen LogP contribution < -0.4 is 5.56 Å². The molecular formula is C18H23N5O3. The van der Waals surface area contributed by atoms with E-state index < -0.39 is 6.10 Å². The highest BCUT2D eigenvalue weighted by Gasteiger charge is 2.18. The molecule has 8 heteroatoms. The van der Waals surface area contributed by atoms with Crippen molar-refractivity contribution in [2.24, 2.45) is 7.05 Å². The van der Waals surface area contributed by atoms with E-state index in [1.165, 1.54) is 6.33 Å². The summed E-state index contributed by atoms with van der Waals surface area (Å²) in [6.07, 6.45) is 1.51. The average Bonchev–Trinajstić information content (AvgIpc) is 3.01. The Balaban J connectivity index is 2.18. The highest BCUT2D eigenvalue weighted by molar-refractivity contribution is 5.78. The molecule has 26 heavy (non-hydrogen) atoms. The van der Waals surface area contributed by atoms with E-state index in [1.54, 1.807) is 16.2 Å². The van der Waals surface area contributed by atoms with Crippen molar-refractivity contribution >= 4 is 11.0 Å². The molecule has 2 N–H and O–H groups in total. The zero-order valence-corrected chi connectivity index (χ0v) is 15.2. The number of hydrogen-bond donors (Lipinski definition) is 2.